The summed E-state index contributed by atoms with van der Waals surface area (Å²) in [7, 11) is 0. The smallest absolute Gasteiger partial charge is 0.251 e. The summed E-state index contributed by atoms with van der Waals surface area (Å²) < 4.78 is 35.4. The lowest BCUT2D eigenvalue weighted by atomic mass is 10.3. The molecule has 6 heteroatoms. The van der Waals surface area contributed by atoms with E-state index in [1.54, 1.807) is 24.3 Å². The monoisotopic (exact) mass is 289 g/mol. The molecule has 0 aliphatic heterocycles. The van der Waals surface area contributed by atoms with Crippen molar-refractivity contribution in [3.63, 3.8) is 0 Å². The fraction of sp³-hybridized carbons (Fsp3) is 0.571. The molecule has 0 aromatic heterocycles. The molecule has 1 aromatic carbocycles. The molecule has 0 unspecified atom stereocenters. The maximum atomic E-state index is 12.3. The molecule has 0 fully saturated rings. The van der Waals surface area contributed by atoms with E-state index >= 15 is 0 Å². The van der Waals surface area contributed by atoms with E-state index in [-0.39, 0.29) is 19.7 Å². The van der Waals surface area contributed by atoms with Crippen molar-refractivity contribution in [3.8, 4) is 11.5 Å². The average molecular weight is 289 g/mol. The van der Waals surface area contributed by atoms with E-state index in [0.29, 0.717) is 25.5 Å². The van der Waals surface area contributed by atoms with Crippen molar-refractivity contribution in [3.05, 3.63) is 24.3 Å². The van der Waals surface area contributed by atoms with Gasteiger partial charge in [-0.25, -0.2) is 8.78 Å². The fourth-order valence-electron chi connectivity index (χ4n) is 1.72. The SMILES string of the molecule is CCOc1ccc(OCCN(CCO)CC(F)F)cc1. The zero-order valence-electron chi connectivity index (χ0n) is 11.6. The lowest BCUT2D eigenvalue weighted by Gasteiger charge is -2.20. The number of aliphatic hydroxyl groups is 1. The van der Waals surface area contributed by atoms with Gasteiger partial charge in [-0.05, 0) is 31.2 Å². The van der Waals surface area contributed by atoms with Crippen LogP contribution in [0.3, 0.4) is 0 Å². The highest BCUT2D eigenvalue weighted by Gasteiger charge is 2.11. The zero-order chi connectivity index (χ0) is 14.8. The highest BCUT2D eigenvalue weighted by Crippen LogP contribution is 2.17. The summed E-state index contributed by atoms with van der Waals surface area (Å²) in [5, 5.41) is 8.81. The minimum atomic E-state index is -2.41. The Morgan fingerprint density at radius 1 is 1.10 bits per heavy atom. The molecule has 0 heterocycles. The molecule has 0 amide bonds. The maximum Gasteiger partial charge on any atom is 0.251 e. The first-order chi connectivity index (χ1) is 9.65. The third-order valence-electron chi connectivity index (χ3n) is 2.62. The largest absolute Gasteiger partial charge is 0.494 e. The van der Waals surface area contributed by atoms with E-state index < -0.39 is 6.43 Å². The van der Waals surface area contributed by atoms with Gasteiger partial charge >= 0.3 is 0 Å². The fourth-order valence-corrected chi connectivity index (χ4v) is 1.72. The summed E-state index contributed by atoms with van der Waals surface area (Å²) in [5.41, 5.74) is 0. The Morgan fingerprint density at radius 2 is 1.70 bits per heavy atom. The Bertz CT molecular complexity index is 360. The number of benzene rings is 1. The highest BCUT2D eigenvalue weighted by atomic mass is 19.3. The van der Waals surface area contributed by atoms with Gasteiger partial charge in [-0.1, -0.05) is 0 Å². The second-order valence-corrected chi connectivity index (χ2v) is 4.17. The summed E-state index contributed by atoms with van der Waals surface area (Å²) >= 11 is 0. The lowest BCUT2D eigenvalue weighted by molar-refractivity contribution is 0.0709. The molecule has 1 N–H and O–H groups in total. The molecule has 1 aromatic rings. The van der Waals surface area contributed by atoms with Gasteiger partial charge in [-0.3, -0.25) is 4.90 Å². The van der Waals surface area contributed by atoms with Gasteiger partial charge in [0.15, 0.2) is 0 Å². The van der Waals surface area contributed by atoms with Crippen LogP contribution in [0.25, 0.3) is 0 Å². The van der Waals surface area contributed by atoms with Crippen LogP contribution in [0.1, 0.15) is 6.92 Å². The van der Waals surface area contributed by atoms with Gasteiger partial charge in [0.05, 0.1) is 19.8 Å². The normalized spacial score (nSPS) is 11.1. The highest BCUT2D eigenvalue weighted by molar-refractivity contribution is 5.31. The number of rotatable bonds is 10. The molecule has 0 bridgehead atoms. The van der Waals surface area contributed by atoms with Gasteiger partial charge in [0.1, 0.15) is 18.1 Å². The molecule has 0 spiro atoms. The van der Waals surface area contributed by atoms with Crippen LogP contribution in [-0.4, -0.2) is 55.9 Å². The van der Waals surface area contributed by atoms with Crippen molar-refractivity contribution in [1.29, 1.82) is 0 Å². The lowest BCUT2D eigenvalue weighted by Crippen LogP contribution is -2.35. The first kappa shape index (κ1) is 16.7. The van der Waals surface area contributed by atoms with Gasteiger partial charge < -0.3 is 14.6 Å². The van der Waals surface area contributed by atoms with Gasteiger partial charge in [-0.15, -0.1) is 0 Å². The van der Waals surface area contributed by atoms with Crippen LogP contribution in [0.4, 0.5) is 8.78 Å². The molecule has 0 radical (unpaired) electrons. The summed E-state index contributed by atoms with van der Waals surface area (Å²) in [6.07, 6.45) is -2.41. The quantitative estimate of drug-likeness (QED) is 0.715. The van der Waals surface area contributed by atoms with Crippen LogP contribution in [0.2, 0.25) is 0 Å². The zero-order valence-corrected chi connectivity index (χ0v) is 11.6. The topological polar surface area (TPSA) is 41.9 Å². The average Bonchev–Trinajstić information content (AvgIpc) is 2.40. The number of halogens is 2. The predicted molar refractivity (Wildman–Crippen MR) is 72.6 cm³/mol. The molecular formula is C14H21F2NO3. The van der Waals surface area contributed by atoms with Gasteiger partial charge in [-0.2, -0.15) is 0 Å². The van der Waals surface area contributed by atoms with Gasteiger partial charge in [0.25, 0.3) is 6.43 Å². The third-order valence-corrected chi connectivity index (χ3v) is 2.62. The van der Waals surface area contributed by atoms with Crippen molar-refractivity contribution < 1.29 is 23.4 Å². The van der Waals surface area contributed by atoms with Gasteiger partial charge in [0, 0.05) is 13.1 Å². The Labute approximate surface area is 117 Å². The summed E-state index contributed by atoms with van der Waals surface area (Å²) in [6.45, 7) is 2.87. The number of nitrogens with zero attached hydrogens (tertiary/aromatic N) is 1. The standard InChI is InChI=1S/C14H21F2NO3/c1-2-19-12-3-5-13(6-4-12)20-10-8-17(7-9-18)11-14(15)16/h3-6,14,18H,2,7-11H2,1H3. The van der Waals surface area contributed by atoms with Crippen molar-refractivity contribution in [1.82, 2.24) is 4.90 Å². The van der Waals surface area contributed by atoms with Crippen molar-refractivity contribution in [2.24, 2.45) is 0 Å². The Hall–Kier alpha value is -1.40. The summed E-state index contributed by atoms with van der Waals surface area (Å²) in [5.74, 6) is 1.42. The van der Waals surface area contributed by atoms with Crippen LogP contribution in [-0.2, 0) is 0 Å². The van der Waals surface area contributed by atoms with Crippen LogP contribution in [0.5, 0.6) is 11.5 Å². The van der Waals surface area contributed by atoms with E-state index in [1.165, 1.54) is 4.90 Å². The van der Waals surface area contributed by atoms with Crippen LogP contribution < -0.4 is 9.47 Å². The molecule has 114 valence electrons. The van der Waals surface area contributed by atoms with E-state index in [1.807, 2.05) is 6.92 Å². The molecule has 1 rings (SSSR count). The summed E-state index contributed by atoms with van der Waals surface area (Å²) in [6, 6.07) is 7.13. The number of aliphatic hydroxyl groups excluding tert-OH is 1. The predicted octanol–water partition coefficient (Wildman–Crippen LogP) is 2.02. The van der Waals surface area contributed by atoms with E-state index in [9.17, 15) is 8.78 Å². The number of hydrogen-bond acceptors (Lipinski definition) is 4. The molecule has 0 saturated carbocycles. The van der Waals surface area contributed by atoms with E-state index in [2.05, 4.69) is 0 Å². The number of alkyl halides is 2. The Kier molecular flexibility index (Phi) is 7.91. The second-order valence-electron chi connectivity index (χ2n) is 4.17. The van der Waals surface area contributed by atoms with E-state index in [4.69, 9.17) is 14.6 Å². The first-order valence-corrected chi connectivity index (χ1v) is 6.62. The minimum Gasteiger partial charge on any atom is -0.494 e. The van der Waals surface area contributed by atoms with Crippen molar-refractivity contribution in [2.45, 2.75) is 13.3 Å². The maximum absolute atomic E-state index is 12.3. The molecule has 20 heavy (non-hydrogen) atoms. The number of hydrogen-bond donors (Lipinski definition) is 1. The third kappa shape index (κ3) is 6.68. The van der Waals surface area contributed by atoms with Crippen LogP contribution >= 0.6 is 0 Å². The molecule has 0 saturated heterocycles. The van der Waals surface area contributed by atoms with E-state index in [0.717, 1.165) is 5.75 Å². The minimum absolute atomic E-state index is 0.143. The van der Waals surface area contributed by atoms with Crippen molar-refractivity contribution >= 4 is 0 Å². The van der Waals surface area contributed by atoms with Crippen molar-refractivity contribution in [2.75, 3.05) is 39.5 Å². The van der Waals surface area contributed by atoms with Crippen LogP contribution in [0, 0.1) is 0 Å². The Morgan fingerprint density at radius 3 is 2.20 bits per heavy atom. The molecule has 4 nitrogen and oxygen atoms in total. The van der Waals surface area contributed by atoms with Gasteiger partial charge in [0.2, 0.25) is 0 Å². The second kappa shape index (κ2) is 9.50. The molecule has 0 aliphatic rings. The first-order valence-electron chi connectivity index (χ1n) is 6.62. The molecule has 0 atom stereocenters. The molecule has 0 aliphatic carbocycles. The van der Waals surface area contributed by atoms with Crippen LogP contribution in [0.15, 0.2) is 24.3 Å². The Balaban J connectivity index is 2.33. The molecular weight excluding hydrogens is 268 g/mol. The number of ether oxygens (including phenoxy) is 2. The summed E-state index contributed by atoms with van der Waals surface area (Å²) in [4.78, 5) is 1.47.